The van der Waals surface area contributed by atoms with Crippen molar-refractivity contribution in [2.45, 2.75) is 62.7 Å². The van der Waals surface area contributed by atoms with E-state index >= 15 is 0 Å². The fourth-order valence-electron chi connectivity index (χ4n) is 2.98. The highest BCUT2D eigenvalue weighted by molar-refractivity contribution is 5.04. The number of aliphatic hydroxyl groups excluding tert-OH is 5. The number of ether oxygens (including phenoxy) is 3. The molecule has 0 unspecified atom stereocenters. The predicted molar refractivity (Wildman–Crippen MR) is 73.9 cm³/mol. The second kappa shape index (κ2) is 7.06. The van der Waals surface area contributed by atoms with Crippen LogP contribution in [0.25, 0.3) is 0 Å². The summed E-state index contributed by atoms with van der Waals surface area (Å²) >= 11 is 0. The van der Waals surface area contributed by atoms with Crippen molar-refractivity contribution in [1.29, 1.82) is 0 Å². The molecule has 8 heteroatoms. The van der Waals surface area contributed by atoms with E-state index in [0.29, 0.717) is 6.42 Å². The number of epoxide rings is 1. The van der Waals surface area contributed by atoms with Crippen molar-refractivity contribution in [2.75, 3.05) is 19.8 Å². The van der Waals surface area contributed by atoms with E-state index < -0.39 is 42.9 Å². The van der Waals surface area contributed by atoms with Crippen LogP contribution in [-0.4, -0.2) is 87.8 Å². The van der Waals surface area contributed by atoms with E-state index in [4.69, 9.17) is 19.3 Å². The zero-order valence-electron chi connectivity index (χ0n) is 12.8. The topological polar surface area (TPSA) is 132 Å². The first-order valence-corrected chi connectivity index (χ1v) is 7.58. The lowest BCUT2D eigenvalue weighted by Crippen LogP contribution is -2.59. The molecule has 0 aromatic heterocycles. The highest BCUT2D eigenvalue weighted by Crippen LogP contribution is 2.45. The van der Waals surface area contributed by atoms with Gasteiger partial charge in [-0.2, -0.15) is 0 Å². The molecule has 8 nitrogen and oxygen atoms in total. The molecule has 0 saturated carbocycles. The van der Waals surface area contributed by atoms with E-state index in [-0.39, 0.29) is 25.2 Å². The van der Waals surface area contributed by atoms with E-state index in [1.165, 1.54) is 0 Å². The summed E-state index contributed by atoms with van der Waals surface area (Å²) in [5.41, 5.74) is -0.442. The molecule has 22 heavy (non-hydrogen) atoms. The van der Waals surface area contributed by atoms with Gasteiger partial charge in [-0.15, -0.1) is 0 Å². The Morgan fingerprint density at radius 3 is 2.23 bits per heavy atom. The molecule has 7 atom stereocenters. The molecule has 2 saturated heterocycles. The maximum absolute atomic E-state index is 9.86. The van der Waals surface area contributed by atoms with Gasteiger partial charge in [-0.1, -0.05) is 13.8 Å². The predicted octanol–water partition coefficient (Wildman–Crippen LogP) is -2.02. The Balaban J connectivity index is 1.86. The zero-order valence-corrected chi connectivity index (χ0v) is 12.8. The van der Waals surface area contributed by atoms with Crippen molar-refractivity contribution >= 4 is 0 Å². The monoisotopic (exact) mass is 322 g/mol. The number of hydrogen-bond donors (Lipinski definition) is 5. The third-order valence-corrected chi connectivity index (χ3v) is 4.62. The van der Waals surface area contributed by atoms with Crippen LogP contribution in [0, 0.1) is 5.92 Å². The summed E-state index contributed by atoms with van der Waals surface area (Å²) in [7, 11) is 0. The molecular weight excluding hydrogens is 296 g/mol. The van der Waals surface area contributed by atoms with E-state index in [9.17, 15) is 20.4 Å². The van der Waals surface area contributed by atoms with Crippen molar-refractivity contribution in [3.8, 4) is 0 Å². The van der Waals surface area contributed by atoms with Crippen LogP contribution in [-0.2, 0) is 14.2 Å². The molecule has 0 bridgehead atoms. The van der Waals surface area contributed by atoms with Crippen molar-refractivity contribution < 1.29 is 39.7 Å². The third kappa shape index (κ3) is 3.29. The second-order valence-corrected chi connectivity index (χ2v) is 6.22. The SMILES string of the molecule is CC(C)[C@]1(CCO[C@@H]2O[C@H](CO)[C@@H](O)[C@H](O)[C@H]2O)O[C@@H]1CO. The van der Waals surface area contributed by atoms with Gasteiger partial charge in [0, 0.05) is 6.42 Å². The Kier molecular flexibility index (Phi) is 5.79. The Morgan fingerprint density at radius 2 is 1.73 bits per heavy atom. The van der Waals surface area contributed by atoms with Gasteiger partial charge in [-0.25, -0.2) is 0 Å². The average Bonchev–Trinajstić information content (AvgIpc) is 3.22. The minimum atomic E-state index is -1.45. The van der Waals surface area contributed by atoms with Crippen molar-refractivity contribution in [2.24, 2.45) is 5.92 Å². The Bertz CT molecular complexity index is 363. The molecule has 0 radical (unpaired) electrons. The molecule has 0 aromatic rings. The first kappa shape index (κ1) is 18.0. The molecule has 2 aliphatic heterocycles. The molecule has 0 aliphatic carbocycles. The van der Waals surface area contributed by atoms with Crippen molar-refractivity contribution in [1.82, 2.24) is 0 Å². The highest BCUT2D eigenvalue weighted by Gasteiger charge is 2.57. The lowest BCUT2D eigenvalue weighted by atomic mass is 9.89. The van der Waals surface area contributed by atoms with Crippen molar-refractivity contribution in [3.05, 3.63) is 0 Å². The normalized spacial score (nSPS) is 45.3. The standard InChI is InChI=1S/C14H26O8/c1-7(2)14(9(6-16)22-14)3-4-20-13-12(19)11(18)10(17)8(5-15)21-13/h7-13,15-19H,3-6H2,1-2H3/t8-,9-,10-,11+,12-,13-,14+/m1/s1. The summed E-state index contributed by atoms with van der Waals surface area (Å²) in [6, 6.07) is 0. The molecular formula is C14H26O8. The second-order valence-electron chi connectivity index (χ2n) is 6.22. The molecule has 2 rings (SSSR count). The van der Waals surface area contributed by atoms with E-state index in [2.05, 4.69) is 0 Å². The van der Waals surface area contributed by atoms with Crippen LogP contribution < -0.4 is 0 Å². The Morgan fingerprint density at radius 1 is 1.05 bits per heavy atom. The Labute approximate surface area is 129 Å². The smallest absolute Gasteiger partial charge is 0.186 e. The summed E-state index contributed by atoms with van der Waals surface area (Å²) in [4.78, 5) is 0. The minimum Gasteiger partial charge on any atom is -0.394 e. The van der Waals surface area contributed by atoms with E-state index in [1.807, 2.05) is 13.8 Å². The molecule has 2 aliphatic rings. The van der Waals surface area contributed by atoms with Crippen LogP contribution >= 0.6 is 0 Å². The van der Waals surface area contributed by atoms with Gasteiger partial charge in [0.25, 0.3) is 0 Å². The number of aliphatic hydroxyl groups is 5. The van der Waals surface area contributed by atoms with Gasteiger partial charge in [0.2, 0.25) is 0 Å². The fourth-order valence-corrected chi connectivity index (χ4v) is 2.98. The first-order chi connectivity index (χ1) is 10.4. The lowest BCUT2D eigenvalue weighted by molar-refractivity contribution is -0.301. The number of rotatable bonds is 7. The van der Waals surface area contributed by atoms with Gasteiger partial charge < -0.3 is 39.7 Å². The summed E-state index contributed by atoms with van der Waals surface area (Å²) in [5, 5.41) is 47.5. The molecule has 130 valence electrons. The third-order valence-electron chi connectivity index (χ3n) is 4.62. The lowest BCUT2D eigenvalue weighted by Gasteiger charge is -2.39. The van der Waals surface area contributed by atoms with Crippen LogP contribution in [0.4, 0.5) is 0 Å². The Hall–Kier alpha value is -0.320. The van der Waals surface area contributed by atoms with Crippen LogP contribution in [0.2, 0.25) is 0 Å². The summed E-state index contributed by atoms with van der Waals surface area (Å²) < 4.78 is 16.3. The fraction of sp³-hybridized carbons (Fsp3) is 1.00. The summed E-state index contributed by atoms with van der Waals surface area (Å²) in [6.45, 7) is 3.62. The van der Waals surface area contributed by atoms with Gasteiger partial charge in [0.1, 0.15) is 36.1 Å². The molecule has 5 N–H and O–H groups in total. The molecule has 2 heterocycles. The maximum Gasteiger partial charge on any atom is 0.186 e. The van der Waals surface area contributed by atoms with Crippen LogP contribution in [0.15, 0.2) is 0 Å². The van der Waals surface area contributed by atoms with Crippen molar-refractivity contribution in [3.63, 3.8) is 0 Å². The number of hydrogen-bond acceptors (Lipinski definition) is 8. The quantitative estimate of drug-likeness (QED) is 0.339. The molecule has 0 aromatic carbocycles. The van der Waals surface area contributed by atoms with E-state index in [0.717, 1.165) is 0 Å². The van der Waals surface area contributed by atoms with Crippen LogP contribution in [0.1, 0.15) is 20.3 Å². The molecule has 2 fully saturated rings. The van der Waals surface area contributed by atoms with Gasteiger partial charge in [0.05, 0.1) is 19.8 Å². The van der Waals surface area contributed by atoms with E-state index in [1.54, 1.807) is 0 Å². The largest absolute Gasteiger partial charge is 0.394 e. The summed E-state index contributed by atoms with van der Waals surface area (Å²) in [5.74, 6) is 0.197. The minimum absolute atomic E-state index is 0.0573. The van der Waals surface area contributed by atoms with Gasteiger partial charge in [-0.3, -0.25) is 0 Å². The first-order valence-electron chi connectivity index (χ1n) is 7.58. The molecule has 0 spiro atoms. The zero-order chi connectivity index (χ0) is 16.5. The average molecular weight is 322 g/mol. The van der Waals surface area contributed by atoms with Crippen LogP contribution in [0.5, 0.6) is 0 Å². The van der Waals surface area contributed by atoms with Crippen LogP contribution in [0.3, 0.4) is 0 Å². The highest BCUT2D eigenvalue weighted by atomic mass is 16.7. The van der Waals surface area contributed by atoms with Gasteiger partial charge in [-0.05, 0) is 5.92 Å². The summed E-state index contributed by atoms with van der Waals surface area (Å²) in [6.07, 6.45) is -6.07. The van der Waals surface area contributed by atoms with Gasteiger partial charge >= 0.3 is 0 Å². The maximum atomic E-state index is 9.86. The molecule has 0 amide bonds. The van der Waals surface area contributed by atoms with Gasteiger partial charge in [0.15, 0.2) is 6.29 Å².